The van der Waals surface area contributed by atoms with Crippen molar-refractivity contribution < 1.29 is 9.59 Å². The molecule has 0 radical (unpaired) electrons. The lowest BCUT2D eigenvalue weighted by atomic mass is 10.1. The van der Waals surface area contributed by atoms with Crippen LogP contribution in [0.25, 0.3) is 0 Å². The number of likely N-dealkylation sites (tertiary alicyclic amines) is 1. The second-order valence-corrected chi connectivity index (χ2v) is 6.54. The lowest BCUT2D eigenvalue weighted by Crippen LogP contribution is -2.33. The third-order valence-electron chi connectivity index (χ3n) is 4.15. The topological polar surface area (TPSA) is 80.1 Å². The van der Waals surface area contributed by atoms with Crippen molar-refractivity contribution in [1.82, 2.24) is 25.0 Å². The van der Waals surface area contributed by atoms with Crippen LogP contribution in [0.2, 0.25) is 5.02 Å². The molecule has 1 N–H and O–H groups in total. The summed E-state index contributed by atoms with van der Waals surface area (Å²) >= 11 is 5.80. The normalized spacial score (nSPS) is 17.1. The van der Waals surface area contributed by atoms with Gasteiger partial charge in [0.15, 0.2) is 0 Å². The number of nitrogens with zero attached hydrogens (tertiary/aromatic N) is 4. The van der Waals surface area contributed by atoms with Gasteiger partial charge in [-0.05, 0) is 18.1 Å². The first-order valence-corrected chi connectivity index (χ1v) is 8.62. The highest BCUT2D eigenvalue weighted by Gasteiger charge is 2.33. The van der Waals surface area contributed by atoms with E-state index in [1.54, 1.807) is 34.4 Å². The van der Waals surface area contributed by atoms with Crippen LogP contribution in [-0.4, -0.2) is 44.6 Å². The van der Waals surface area contributed by atoms with Gasteiger partial charge in [-0.3, -0.25) is 19.3 Å². The molecule has 8 heteroatoms. The number of pyridine rings is 1. The highest BCUT2D eigenvalue weighted by Crippen LogP contribution is 2.20. The number of rotatable bonds is 7. The highest BCUT2D eigenvalue weighted by molar-refractivity contribution is 6.30. The van der Waals surface area contributed by atoms with E-state index in [1.165, 1.54) is 0 Å². The largest absolute Gasteiger partial charge is 0.356 e. The fraction of sp³-hybridized carbons (Fsp3) is 0.412. The quantitative estimate of drug-likeness (QED) is 0.758. The zero-order chi connectivity index (χ0) is 17.6. The van der Waals surface area contributed by atoms with E-state index < -0.39 is 0 Å². The summed E-state index contributed by atoms with van der Waals surface area (Å²) in [6.45, 7) is 2.18. The Labute approximate surface area is 151 Å². The molecule has 3 heterocycles. The third kappa shape index (κ3) is 4.79. The Morgan fingerprint density at radius 1 is 1.40 bits per heavy atom. The van der Waals surface area contributed by atoms with Crippen LogP contribution in [0.1, 0.15) is 18.4 Å². The summed E-state index contributed by atoms with van der Waals surface area (Å²) in [6, 6.07) is 3.77. The van der Waals surface area contributed by atoms with Crippen molar-refractivity contribution in [3.8, 4) is 0 Å². The van der Waals surface area contributed by atoms with Crippen LogP contribution < -0.4 is 5.32 Å². The summed E-state index contributed by atoms with van der Waals surface area (Å²) < 4.78 is 1.74. The molecule has 3 rings (SSSR count). The van der Waals surface area contributed by atoms with E-state index in [1.807, 2.05) is 12.1 Å². The van der Waals surface area contributed by atoms with Crippen LogP contribution in [0.5, 0.6) is 0 Å². The van der Waals surface area contributed by atoms with Gasteiger partial charge in [-0.15, -0.1) is 0 Å². The molecular formula is C17H20ClN5O2. The molecule has 2 aromatic rings. The van der Waals surface area contributed by atoms with Crippen molar-refractivity contribution in [2.45, 2.75) is 25.9 Å². The Hall–Kier alpha value is -2.41. The summed E-state index contributed by atoms with van der Waals surface area (Å²) in [5.41, 5.74) is 0.967. The number of aromatic nitrogens is 3. The first-order chi connectivity index (χ1) is 12.1. The van der Waals surface area contributed by atoms with Crippen molar-refractivity contribution in [3.63, 3.8) is 0 Å². The number of hydrogen-bond acceptors (Lipinski definition) is 4. The van der Waals surface area contributed by atoms with Crippen molar-refractivity contribution in [2.24, 2.45) is 5.92 Å². The molecule has 1 aliphatic rings. The Morgan fingerprint density at radius 3 is 3.00 bits per heavy atom. The molecule has 1 atom stereocenters. The first-order valence-electron chi connectivity index (χ1n) is 8.24. The highest BCUT2D eigenvalue weighted by atomic mass is 35.5. The maximum atomic E-state index is 12.3. The minimum Gasteiger partial charge on any atom is -0.356 e. The van der Waals surface area contributed by atoms with Crippen LogP contribution in [0.15, 0.2) is 36.9 Å². The molecule has 1 aliphatic heterocycles. The smallest absolute Gasteiger partial charge is 0.225 e. The predicted molar refractivity (Wildman–Crippen MR) is 92.6 cm³/mol. The Morgan fingerprint density at radius 2 is 2.28 bits per heavy atom. The summed E-state index contributed by atoms with van der Waals surface area (Å²) in [5.74, 6) is -0.348. The van der Waals surface area contributed by atoms with Crippen molar-refractivity contribution >= 4 is 23.4 Å². The molecule has 1 fully saturated rings. The molecule has 25 heavy (non-hydrogen) atoms. The molecule has 1 saturated heterocycles. The number of carbonyl (C=O) groups is 2. The second kappa shape index (κ2) is 8.11. The van der Waals surface area contributed by atoms with Crippen molar-refractivity contribution in [3.05, 3.63) is 47.5 Å². The average molecular weight is 362 g/mol. The summed E-state index contributed by atoms with van der Waals surface area (Å²) in [4.78, 5) is 30.1. The van der Waals surface area contributed by atoms with E-state index in [0.717, 1.165) is 12.0 Å². The lowest BCUT2D eigenvalue weighted by molar-refractivity contribution is -0.129. The molecule has 0 spiro atoms. The molecule has 0 bridgehead atoms. The molecular weight excluding hydrogens is 342 g/mol. The first kappa shape index (κ1) is 17.4. The molecule has 0 aromatic carbocycles. The van der Waals surface area contributed by atoms with E-state index in [0.29, 0.717) is 31.2 Å². The van der Waals surface area contributed by atoms with Crippen molar-refractivity contribution in [2.75, 3.05) is 13.1 Å². The summed E-state index contributed by atoms with van der Waals surface area (Å²) in [7, 11) is 0. The van der Waals surface area contributed by atoms with E-state index in [4.69, 9.17) is 11.6 Å². The number of aryl methyl sites for hydroxylation is 1. The minimum absolute atomic E-state index is 0.00943. The number of nitrogens with one attached hydrogen (secondary N) is 1. The molecule has 0 aliphatic carbocycles. The van der Waals surface area contributed by atoms with Crippen LogP contribution in [0.4, 0.5) is 0 Å². The molecule has 2 amide bonds. The molecule has 132 valence electrons. The second-order valence-electron chi connectivity index (χ2n) is 6.10. The van der Waals surface area contributed by atoms with Gasteiger partial charge in [-0.2, -0.15) is 5.10 Å². The summed E-state index contributed by atoms with van der Waals surface area (Å²) in [6.07, 6.45) is 7.78. The molecule has 1 unspecified atom stereocenters. The van der Waals surface area contributed by atoms with Crippen LogP contribution in [-0.2, 0) is 22.7 Å². The monoisotopic (exact) mass is 361 g/mol. The standard InChI is InChI=1S/C17H20ClN5O2/c18-15-9-21-23(12-15)6-2-5-20-17(25)14-7-16(24)22(11-14)10-13-3-1-4-19-8-13/h1,3-4,8-9,12,14H,2,5-7,10-11H2,(H,20,25). The lowest BCUT2D eigenvalue weighted by Gasteiger charge is -2.16. The summed E-state index contributed by atoms with van der Waals surface area (Å²) in [5, 5.41) is 7.59. The third-order valence-corrected chi connectivity index (χ3v) is 4.34. The van der Waals surface area contributed by atoms with E-state index in [9.17, 15) is 9.59 Å². The Balaban J connectivity index is 1.41. The van der Waals surface area contributed by atoms with E-state index in [2.05, 4.69) is 15.4 Å². The SMILES string of the molecule is O=C(NCCCn1cc(Cl)cn1)C1CC(=O)N(Cc2cccnc2)C1. The van der Waals surface area contributed by atoms with Crippen LogP contribution in [0.3, 0.4) is 0 Å². The van der Waals surface area contributed by atoms with E-state index in [-0.39, 0.29) is 24.2 Å². The molecule has 7 nitrogen and oxygen atoms in total. The van der Waals surface area contributed by atoms with Gasteiger partial charge >= 0.3 is 0 Å². The fourth-order valence-electron chi connectivity index (χ4n) is 2.87. The van der Waals surface area contributed by atoms with Gasteiger partial charge in [0.1, 0.15) is 0 Å². The van der Waals surface area contributed by atoms with Gasteiger partial charge in [-0.1, -0.05) is 17.7 Å². The minimum atomic E-state index is -0.289. The fourth-order valence-corrected chi connectivity index (χ4v) is 3.03. The van der Waals surface area contributed by atoms with Crippen LogP contribution in [0, 0.1) is 5.92 Å². The molecule has 2 aromatic heterocycles. The maximum absolute atomic E-state index is 12.3. The Bertz CT molecular complexity index is 734. The number of carbonyl (C=O) groups excluding carboxylic acids is 2. The van der Waals surface area contributed by atoms with E-state index >= 15 is 0 Å². The zero-order valence-corrected chi connectivity index (χ0v) is 14.5. The predicted octanol–water partition coefficient (Wildman–Crippen LogP) is 1.49. The Kier molecular flexibility index (Phi) is 5.65. The van der Waals surface area contributed by atoms with Gasteiger partial charge < -0.3 is 10.2 Å². The molecule has 0 saturated carbocycles. The van der Waals surface area contributed by atoms with Crippen LogP contribution >= 0.6 is 11.6 Å². The van der Waals surface area contributed by atoms with Gasteiger partial charge in [0.25, 0.3) is 0 Å². The average Bonchev–Trinajstić information content (AvgIpc) is 3.18. The van der Waals surface area contributed by atoms with Gasteiger partial charge in [0.05, 0.1) is 17.1 Å². The number of amides is 2. The van der Waals surface area contributed by atoms with Gasteiger partial charge in [0.2, 0.25) is 11.8 Å². The van der Waals surface area contributed by atoms with Gasteiger partial charge in [0, 0.05) is 51.2 Å². The zero-order valence-electron chi connectivity index (χ0n) is 13.8. The number of halogens is 1. The number of hydrogen-bond donors (Lipinski definition) is 1. The van der Waals surface area contributed by atoms with Gasteiger partial charge in [-0.25, -0.2) is 0 Å². The maximum Gasteiger partial charge on any atom is 0.225 e. The van der Waals surface area contributed by atoms with Crippen molar-refractivity contribution in [1.29, 1.82) is 0 Å².